The van der Waals surface area contributed by atoms with Gasteiger partial charge < -0.3 is 4.74 Å². The van der Waals surface area contributed by atoms with Gasteiger partial charge in [0.1, 0.15) is 5.71 Å². The maximum Gasteiger partial charge on any atom is 0.380 e. The Bertz CT molecular complexity index is 494. The van der Waals surface area contributed by atoms with Crippen LogP contribution in [0, 0.1) is 0 Å². The topological polar surface area (TPSA) is 84.8 Å². The molecule has 6 heteroatoms. The number of ether oxygens (including phenoxy) is 1. The van der Waals surface area contributed by atoms with Gasteiger partial charge in [0.2, 0.25) is 0 Å². The SMILES string of the molecule is COC(=O)C(=O)/C(C)=N/NC(=O)c1ccccc1. The number of amides is 1. The van der Waals surface area contributed by atoms with Crippen LogP contribution in [0.15, 0.2) is 35.4 Å². The zero-order valence-electron chi connectivity index (χ0n) is 9.97. The Morgan fingerprint density at radius 3 is 2.33 bits per heavy atom. The maximum absolute atomic E-state index is 11.6. The lowest BCUT2D eigenvalue weighted by molar-refractivity contribution is -0.148. The molecule has 1 aromatic rings. The number of hydrogen-bond acceptors (Lipinski definition) is 5. The van der Waals surface area contributed by atoms with Gasteiger partial charge in [0, 0.05) is 5.56 Å². The molecule has 0 unspecified atom stereocenters. The van der Waals surface area contributed by atoms with Crippen LogP contribution in [0.1, 0.15) is 17.3 Å². The molecular weight excluding hydrogens is 236 g/mol. The monoisotopic (exact) mass is 248 g/mol. The van der Waals surface area contributed by atoms with E-state index in [1.807, 2.05) is 0 Å². The van der Waals surface area contributed by atoms with Gasteiger partial charge in [-0.3, -0.25) is 9.59 Å². The smallest absolute Gasteiger partial charge is 0.380 e. The molecule has 0 aliphatic carbocycles. The van der Waals surface area contributed by atoms with Crippen molar-refractivity contribution in [2.75, 3.05) is 7.11 Å². The molecular formula is C12H12N2O4. The fourth-order valence-electron chi connectivity index (χ4n) is 1.08. The molecule has 1 N–H and O–H groups in total. The van der Waals surface area contributed by atoms with Gasteiger partial charge in [-0.1, -0.05) is 18.2 Å². The minimum atomic E-state index is -1.02. The maximum atomic E-state index is 11.6. The third-order valence-electron chi connectivity index (χ3n) is 2.06. The second-order valence-corrected chi connectivity index (χ2v) is 3.32. The Labute approximate surface area is 104 Å². The van der Waals surface area contributed by atoms with Gasteiger partial charge in [0.25, 0.3) is 11.7 Å². The van der Waals surface area contributed by atoms with Crippen LogP contribution >= 0.6 is 0 Å². The molecule has 0 aliphatic heterocycles. The zero-order chi connectivity index (χ0) is 13.5. The number of carbonyl (C=O) groups is 3. The average molecular weight is 248 g/mol. The number of benzene rings is 1. The number of methoxy groups -OCH3 is 1. The first-order chi connectivity index (χ1) is 8.56. The van der Waals surface area contributed by atoms with E-state index in [0.717, 1.165) is 7.11 Å². The Hall–Kier alpha value is -2.50. The van der Waals surface area contributed by atoms with Crippen molar-refractivity contribution < 1.29 is 19.1 Å². The van der Waals surface area contributed by atoms with Crippen LogP contribution in [0.5, 0.6) is 0 Å². The van der Waals surface area contributed by atoms with E-state index in [2.05, 4.69) is 15.3 Å². The Kier molecular flexibility index (Phi) is 4.74. The normalized spacial score (nSPS) is 10.7. The summed E-state index contributed by atoms with van der Waals surface area (Å²) in [5, 5.41) is 3.54. The number of rotatable bonds is 4. The van der Waals surface area contributed by atoms with Crippen LogP contribution in [0.4, 0.5) is 0 Å². The van der Waals surface area contributed by atoms with Gasteiger partial charge in [-0.2, -0.15) is 5.10 Å². The molecule has 1 amide bonds. The minimum Gasteiger partial charge on any atom is -0.463 e. The number of hydrazone groups is 1. The molecule has 0 aliphatic rings. The second-order valence-electron chi connectivity index (χ2n) is 3.32. The van der Waals surface area contributed by atoms with Crippen molar-refractivity contribution in [1.82, 2.24) is 5.43 Å². The average Bonchev–Trinajstić information content (AvgIpc) is 2.43. The summed E-state index contributed by atoms with van der Waals surface area (Å²) in [5.41, 5.74) is 2.43. The summed E-state index contributed by atoms with van der Waals surface area (Å²) in [6.07, 6.45) is 0. The summed E-state index contributed by atoms with van der Waals surface area (Å²) < 4.78 is 4.24. The standard InChI is InChI=1S/C12H12N2O4/c1-8(10(15)12(17)18-2)13-14-11(16)9-6-4-3-5-7-9/h3-7H,1-2H3,(H,14,16)/b13-8+. The quantitative estimate of drug-likeness (QED) is 0.364. The van der Waals surface area contributed by atoms with Crippen molar-refractivity contribution in [3.05, 3.63) is 35.9 Å². The van der Waals surface area contributed by atoms with E-state index in [-0.39, 0.29) is 5.71 Å². The highest BCUT2D eigenvalue weighted by Crippen LogP contribution is 1.97. The first-order valence-electron chi connectivity index (χ1n) is 5.08. The van der Waals surface area contributed by atoms with Crippen molar-refractivity contribution in [3.8, 4) is 0 Å². The molecule has 0 heterocycles. The first-order valence-corrected chi connectivity index (χ1v) is 5.08. The first kappa shape index (κ1) is 13.6. The van der Waals surface area contributed by atoms with E-state index in [4.69, 9.17) is 0 Å². The van der Waals surface area contributed by atoms with Crippen molar-refractivity contribution in [2.45, 2.75) is 6.92 Å². The predicted octanol–water partition coefficient (Wildman–Crippen LogP) is 0.534. The molecule has 0 saturated carbocycles. The highest BCUT2D eigenvalue weighted by Gasteiger charge is 2.17. The summed E-state index contributed by atoms with van der Waals surface area (Å²) in [6, 6.07) is 8.37. The molecule has 1 aromatic carbocycles. The number of nitrogens with one attached hydrogen (secondary N) is 1. The summed E-state index contributed by atoms with van der Waals surface area (Å²) in [4.78, 5) is 33.7. The Morgan fingerprint density at radius 1 is 1.17 bits per heavy atom. The van der Waals surface area contributed by atoms with Crippen molar-refractivity contribution in [3.63, 3.8) is 0 Å². The van der Waals surface area contributed by atoms with Crippen LogP contribution < -0.4 is 5.43 Å². The molecule has 0 atom stereocenters. The molecule has 0 spiro atoms. The number of esters is 1. The molecule has 0 saturated heterocycles. The predicted molar refractivity (Wildman–Crippen MR) is 64.0 cm³/mol. The lowest BCUT2D eigenvalue weighted by atomic mass is 10.2. The van der Waals surface area contributed by atoms with Gasteiger partial charge in [-0.15, -0.1) is 0 Å². The number of ketones is 1. The number of hydrogen-bond donors (Lipinski definition) is 1. The van der Waals surface area contributed by atoms with Crippen LogP contribution in [-0.4, -0.2) is 30.5 Å². The number of Topliss-reactive ketones (excluding diaryl/α,β-unsaturated/α-hetero) is 1. The van der Waals surface area contributed by atoms with Gasteiger partial charge in [0.05, 0.1) is 7.11 Å². The number of nitrogens with zero attached hydrogens (tertiary/aromatic N) is 1. The molecule has 1 rings (SSSR count). The van der Waals surface area contributed by atoms with Crippen LogP contribution in [0.25, 0.3) is 0 Å². The molecule has 0 bridgehead atoms. The third-order valence-corrected chi connectivity index (χ3v) is 2.06. The van der Waals surface area contributed by atoms with Gasteiger partial charge in [-0.05, 0) is 19.1 Å². The molecule has 0 fully saturated rings. The molecule has 18 heavy (non-hydrogen) atoms. The van der Waals surface area contributed by atoms with Gasteiger partial charge in [0.15, 0.2) is 0 Å². The van der Waals surface area contributed by atoms with E-state index in [1.165, 1.54) is 6.92 Å². The molecule has 0 radical (unpaired) electrons. The third kappa shape index (κ3) is 3.51. The largest absolute Gasteiger partial charge is 0.463 e. The van der Waals surface area contributed by atoms with Crippen molar-refractivity contribution >= 4 is 23.4 Å². The Morgan fingerprint density at radius 2 is 1.78 bits per heavy atom. The molecule has 94 valence electrons. The van der Waals surface area contributed by atoms with Crippen molar-refractivity contribution in [1.29, 1.82) is 0 Å². The van der Waals surface area contributed by atoms with E-state index >= 15 is 0 Å². The summed E-state index contributed by atoms with van der Waals surface area (Å²) in [5.74, 6) is -2.39. The van der Waals surface area contributed by atoms with E-state index < -0.39 is 17.7 Å². The molecule has 0 aromatic heterocycles. The lowest BCUT2D eigenvalue weighted by Crippen LogP contribution is -2.27. The van der Waals surface area contributed by atoms with Gasteiger partial charge in [-0.25, -0.2) is 10.2 Å². The van der Waals surface area contributed by atoms with Crippen LogP contribution in [0.3, 0.4) is 0 Å². The van der Waals surface area contributed by atoms with Crippen molar-refractivity contribution in [2.24, 2.45) is 5.10 Å². The summed E-state index contributed by atoms with van der Waals surface area (Å²) >= 11 is 0. The summed E-state index contributed by atoms with van der Waals surface area (Å²) in [6.45, 7) is 1.31. The van der Waals surface area contributed by atoms with Crippen LogP contribution in [0.2, 0.25) is 0 Å². The summed E-state index contributed by atoms with van der Waals surface area (Å²) in [7, 11) is 1.09. The fourth-order valence-corrected chi connectivity index (χ4v) is 1.08. The highest BCUT2D eigenvalue weighted by atomic mass is 16.5. The van der Waals surface area contributed by atoms with Gasteiger partial charge >= 0.3 is 5.97 Å². The fraction of sp³-hybridized carbons (Fsp3) is 0.167. The van der Waals surface area contributed by atoms with Crippen LogP contribution in [-0.2, 0) is 14.3 Å². The van der Waals surface area contributed by atoms with E-state index in [0.29, 0.717) is 5.56 Å². The number of carbonyl (C=O) groups excluding carboxylic acids is 3. The molecule has 6 nitrogen and oxygen atoms in total. The second kappa shape index (κ2) is 6.29. The minimum absolute atomic E-state index is 0.147. The van der Waals surface area contributed by atoms with E-state index in [9.17, 15) is 14.4 Å². The lowest BCUT2D eigenvalue weighted by Gasteiger charge is -2.01. The van der Waals surface area contributed by atoms with E-state index in [1.54, 1.807) is 30.3 Å². The Balaban J connectivity index is 2.67. The highest BCUT2D eigenvalue weighted by molar-refractivity contribution is 6.63. The zero-order valence-corrected chi connectivity index (χ0v) is 9.97.